The number of ketones is 1. The van der Waals surface area contributed by atoms with Gasteiger partial charge in [0.2, 0.25) is 0 Å². The zero-order valence-electron chi connectivity index (χ0n) is 12.9. The molecule has 0 saturated carbocycles. The number of benzene rings is 2. The third-order valence-electron chi connectivity index (χ3n) is 4.59. The van der Waals surface area contributed by atoms with Crippen LogP contribution in [0.1, 0.15) is 30.1 Å². The summed E-state index contributed by atoms with van der Waals surface area (Å²) in [5.74, 6) is 0.0689. The maximum atomic E-state index is 12.3. The molecule has 4 heteroatoms. The van der Waals surface area contributed by atoms with Gasteiger partial charge in [-0.1, -0.05) is 42.5 Å². The highest BCUT2D eigenvalue weighted by Crippen LogP contribution is 2.50. The van der Waals surface area contributed by atoms with E-state index in [1.165, 1.54) is 0 Å². The fraction of sp³-hybridized carbons (Fsp3) is 0.316. The Morgan fingerprint density at radius 2 is 1.70 bits per heavy atom. The largest absolute Gasteiger partial charge is 0.497 e. The quantitative estimate of drug-likeness (QED) is 0.872. The predicted octanol–water partition coefficient (Wildman–Crippen LogP) is 3.37. The molecule has 0 spiro atoms. The summed E-state index contributed by atoms with van der Waals surface area (Å²) < 4.78 is 17.6. The molecule has 2 saturated heterocycles. The average Bonchev–Trinajstić information content (AvgIpc) is 2.96. The minimum Gasteiger partial charge on any atom is -0.497 e. The molecule has 4 nitrogen and oxygen atoms in total. The predicted molar refractivity (Wildman–Crippen MR) is 84.1 cm³/mol. The standard InChI is InChI=1S/C19H18O4/c1-21-15-9-7-13(8-10-15)17-18-16(20)11-12-19(22-17,23-18)14-5-3-2-4-6-14/h2-10,17-18H,11-12H2,1H3/t17-,18-,19-/m0/s1. The van der Waals surface area contributed by atoms with Gasteiger partial charge in [-0.2, -0.15) is 0 Å². The fourth-order valence-corrected chi connectivity index (χ4v) is 3.35. The molecule has 0 amide bonds. The minimum atomic E-state index is -0.815. The van der Waals surface area contributed by atoms with Gasteiger partial charge in [-0.05, 0) is 17.7 Å². The van der Waals surface area contributed by atoms with Crippen molar-refractivity contribution < 1.29 is 19.0 Å². The second kappa shape index (κ2) is 5.48. The summed E-state index contributed by atoms with van der Waals surface area (Å²) in [6, 6.07) is 17.5. The van der Waals surface area contributed by atoms with Crippen LogP contribution in [0.15, 0.2) is 54.6 Å². The first-order chi connectivity index (χ1) is 11.2. The van der Waals surface area contributed by atoms with Crippen LogP contribution in [0.2, 0.25) is 0 Å². The molecule has 0 unspecified atom stereocenters. The van der Waals surface area contributed by atoms with E-state index in [0.29, 0.717) is 12.8 Å². The first kappa shape index (κ1) is 14.4. The molecule has 2 heterocycles. The molecular weight excluding hydrogens is 292 g/mol. The lowest BCUT2D eigenvalue weighted by Crippen LogP contribution is -2.36. The zero-order valence-corrected chi connectivity index (χ0v) is 12.9. The topological polar surface area (TPSA) is 44.8 Å². The lowest BCUT2D eigenvalue weighted by atomic mass is 9.94. The molecule has 2 aliphatic heterocycles. The van der Waals surface area contributed by atoms with Gasteiger partial charge in [-0.3, -0.25) is 4.79 Å². The third-order valence-corrected chi connectivity index (χ3v) is 4.59. The van der Waals surface area contributed by atoms with Gasteiger partial charge in [0.05, 0.1) is 7.11 Å². The van der Waals surface area contributed by atoms with Gasteiger partial charge in [0.25, 0.3) is 0 Å². The van der Waals surface area contributed by atoms with Crippen LogP contribution in [0.3, 0.4) is 0 Å². The van der Waals surface area contributed by atoms with E-state index in [-0.39, 0.29) is 11.9 Å². The molecule has 118 valence electrons. The van der Waals surface area contributed by atoms with Crippen molar-refractivity contribution in [3.05, 3.63) is 65.7 Å². The highest BCUT2D eigenvalue weighted by atomic mass is 16.8. The smallest absolute Gasteiger partial charge is 0.197 e. The number of hydrogen-bond donors (Lipinski definition) is 0. The number of Topliss-reactive ketones (excluding diaryl/α,β-unsaturated/α-hetero) is 1. The Hall–Kier alpha value is -2.17. The van der Waals surface area contributed by atoms with Crippen molar-refractivity contribution in [2.75, 3.05) is 7.11 Å². The summed E-state index contributed by atoms with van der Waals surface area (Å²) in [5, 5.41) is 0. The molecule has 0 aliphatic carbocycles. The second-order valence-corrected chi connectivity index (χ2v) is 5.94. The number of ether oxygens (including phenoxy) is 3. The molecule has 0 N–H and O–H groups in total. The van der Waals surface area contributed by atoms with E-state index in [2.05, 4.69) is 0 Å². The first-order valence-corrected chi connectivity index (χ1v) is 7.80. The van der Waals surface area contributed by atoms with Crippen molar-refractivity contribution in [1.29, 1.82) is 0 Å². The third kappa shape index (κ3) is 2.35. The Labute approximate surface area is 135 Å². The highest BCUT2D eigenvalue weighted by molar-refractivity contribution is 5.85. The Morgan fingerprint density at radius 3 is 2.39 bits per heavy atom. The molecule has 23 heavy (non-hydrogen) atoms. The molecule has 2 bridgehead atoms. The van der Waals surface area contributed by atoms with Crippen molar-refractivity contribution in [3.63, 3.8) is 0 Å². The van der Waals surface area contributed by atoms with Crippen LogP contribution in [-0.4, -0.2) is 19.0 Å². The zero-order chi connectivity index (χ0) is 15.9. The van der Waals surface area contributed by atoms with E-state index >= 15 is 0 Å². The Morgan fingerprint density at radius 1 is 1.00 bits per heavy atom. The van der Waals surface area contributed by atoms with Gasteiger partial charge < -0.3 is 14.2 Å². The van der Waals surface area contributed by atoms with Gasteiger partial charge in [0.1, 0.15) is 18.0 Å². The number of hydrogen-bond acceptors (Lipinski definition) is 4. The van der Waals surface area contributed by atoms with Crippen LogP contribution in [0.5, 0.6) is 5.75 Å². The van der Waals surface area contributed by atoms with Gasteiger partial charge in [-0.15, -0.1) is 0 Å². The van der Waals surface area contributed by atoms with Crippen molar-refractivity contribution in [1.82, 2.24) is 0 Å². The monoisotopic (exact) mass is 310 g/mol. The molecule has 2 aromatic rings. The van der Waals surface area contributed by atoms with E-state index in [4.69, 9.17) is 14.2 Å². The van der Waals surface area contributed by atoms with Crippen LogP contribution in [-0.2, 0) is 20.1 Å². The van der Waals surface area contributed by atoms with E-state index in [0.717, 1.165) is 16.9 Å². The molecular formula is C19H18O4. The number of rotatable bonds is 3. The summed E-state index contributed by atoms with van der Waals surface area (Å²) in [7, 11) is 1.63. The van der Waals surface area contributed by atoms with Crippen molar-refractivity contribution in [2.24, 2.45) is 0 Å². The van der Waals surface area contributed by atoms with E-state index in [1.54, 1.807) is 7.11 Å². The summed E-state index contributed by atoms with van der Waals surface area (Å²) in [6.07, 6.45) is 0.110. The maximum Gasteiger partial charge on any atom is 0.197 e. The lowest BCUT2D eigenvalue weighted by molar-refractivity contribution is -0.202. The Balaban J connectivity index is 1.70. The summed E-state index contributed by atoms with van der Waals surface area (Å²) in [4.78, 5) is 12.3. The van der Waals surface area contributed by atoms with Crippen LogP contribution < -0.4 is 4.74 Å². The normalized spacial score (nSPS) is 29.5. The Bertz CT molecular complexity index is 710. The average molecular weight is 310 g/mol. The van der Waals surface area contributed by atoms with Gasteiger partial charge in [0.15, 0.2) is 11.6 Å². The number of carbonyl (C=O) groups is 1. The lowest BCUT2D eigenvalue weighted by Gasteiger charge is -2.31. The number of fused-ring (bicyclic) bond motifs is 2. The van der Waals surface area contributed by atoms with Crippen molar-refractivity contribution >= 4 is 5.78 Å². The molecule has 2 fully saturated rings. The van der Waals surface area contributed by atoms with Gasteiger partial charge in [-0.25, -0.2) is 0 Å². The van der Waals surface area contributed by atoms with Gasteiger partial charge in [0, 0.05) is 18.4 Å². The SMILES string of the molecule is COc1ccc([C@@H]2O[C@@]3(c4ccccc4)CCC(=O)[C@@H]2O3)cc1. The van der Waals surface area contributed by atoms with E-state index in [9.17, 15) is 4.79 Å². The second-order valence-electron chi connectivity index (χ2n) is 5.94. The highest BCUT2D eigenvalue weighted by Gasteiger charge is 2.55. The van der Waals surface area contributed by atoms with Crippen LogP contribution in [0.4, 0.5) is 0 Å². The van der Waals surface area contributed by atoms with E-state index in [1.807, 2.05) is 54.6 Å². The summed E-state index contributed by atoms with van der Waals surface area (Å²) >= 11 is 0. The fourth-order valence-electron chi connectivity index (χ4n) is 3.35. The minimum absolute atomic E-state index is 0.106. The summed E-state index contributed by atoms with van der Waals surface area (Å²) in [6.45, 7) is 0. The summed E-state index contributed by atoms with van der Waals surface area (Å²) in [5.41, 5.74) is 1.90. The van der Waals surface area contributed by atoms with Crippen molar-refractivity contribution in [2.45, 2.75) is 30.8 Å². The first-order valence-electron chi connectivity index (χ1n) is 7.80. The molecule has 0 radical (unpaired) electrons. The Kier molecular flexibility index (Phi) is 3.43. The molecule has 0 aromatic heterocycles. The number of carbonyl (C=O) groups excluding carboxylic acids is 1. The van der Waals surface area contributed by atoms with E-state index < -0.39 is 11.9 Å². The molecule has 2 aliphatic rings. The molecule has 4 rings (SSSR count). The van der Waals surface area contributed by atoms with Crippen molar-refractivity contribution in [3.8, 4) is 5.75 Å². The van der Waals surface area contributed by atoms with Crippen LogP contribution in [0, 0.1) is 0 Å². The molecule has 3 atom stereocenters. The van der Waals surface area contributed by atoms with Crippen LogP contribution >= 0.6 is 0 Å². The number of methoxy groups -OCH3 is 1. The van der Waals surface area contributed by atoms with Gasteiger partial charge >= 0.3 is 0 Å². The maximum absolute atomic E-state index is 12.3. The molecule has 2 aromatic carbocycles. The van der Waals surface area contributed by atoms with Crippen LogP contribution in [0.25, 0.3) is 0 Å².